The van der Waals surface area contributed by atoms with Crippen LogP contribution in [0.15, 0.2) is 23.8 Å². The molecule has 0 aromatic heterocycles. The minimum atomic E-state index is -0.542. The smallest absolute Gasteiger partial charge is 0.136 e. The highest BCUT2D eigenvalue weighted by atomic mass is 35.5. The molecule has 0 saturated heterocycles. The summed E-state index contributed by atoms with van der Waals surface area (Å²) >= 11 is 6.38. The maximum absolute atomic E-state index is 11.5. The Bertz CT molecular complexity index is 348. The summed E-state index contributed by atoms with van der Waals surface area (Å²) in [7, 11) is 1.82. The Morgan fingerprint density at radius 1 is 1.60 bits per heavy atom. The van der Waals surface area contributed by atoms with Crippen LogP contribution in [0, 0.1) is 11.8 Å². The van der Waals surface area contributed by atoms with E-state index >= 15 is 0 Å². The highest BCUT2D eigenvalue weighted by Gasteiger charge is 2.66. The summed E-state index contributed by atoms with van der Waals surface area (Å²) in [6, 6.07) is 0. The average molecular weight is 226 g/mol. The highest BCUT2D eigenvalue weighted by Crippen LogP contribution is 2.58. The quantitative estimate of drug-likeness (QED) is 0.590. The third-order valence-corrected chi connectivity index (χ3v) is 3.99. The van der Waals surface area contributed by atoms with Crippen molar-refractivity contribution in [3.05, 3.63) is 23.8 Å². The van der Waals surface area contributed by atoms with Crippen molar-refractivity contribution in [2.24, 2.45) is 11.8 Å². The third-order valence-electron chi connectivity index (χ3n) is 3.33. The van der Waals surface area contributed by atoms with Gasteiger partial charge in [0.2, 0.25) is 0 Å². The molecule has 0 aliphatic heterocycles. The Kier molecular flexibility index (Phi) is 2.73. The van der Waals surface area contributed by atoms with Gasteiger partial charge in [-0.3, -0.25) is 4.79 Å². The van der Waals surface area contributed by atoms with E-state index in [2.05, 4.69) is 23.5 Å². The molecule has 0 aromatic rings. The van der Waals surface area contributed by atoms with Crippen molar-refractivity contribution in [1.82, 2.24) is 5.32 Å². The summed E-state index contributed by atoms with van der Waals surface area (Å²) in [6.07, 6.45) is 8.60. The second-order valence-electron chi connectivity index (χ2n) is 4.27. The molecular weight excluding hydrogens is 210 g/mol. The van der Waals surface area contributed by atoms with Crippen LogP contribution in [0.3, 0.4) is 0 Å². The molecule has 2 rings (SSSR count). The zero-order valence-corrected chi connectivity index (χ0v) is 9.84. The van der Waals surface area contributed by atoms with Gasteiger partial charge < -0.3 is 5.32 Å². The first-order valence-corrected chi connectivity index (χ1v) is 5.74. The van der Waals surface area contributed by atoms with Crippen molar-refractivity contribution in [2.45, 2.75) is 24.8 Å². The van der Waals surface area contributed by atoms with E-state index in [9.17, 15) is 4.79 Å². The molecule has 2 nitrogen and oxygen atoms in total. The first kappa shape index (κ1) is 10.9. The third kappa shape index (κ3) is 1.66. The van der Waals surface area contributed by atoms with Crippen molar-refractivity contribution >= 4 is 17.4 Å². The molecule has 0 radical (unpaired) electrons. The van der Waals surface area contributed by atoms with Crippen LogP contribution in [0.1, 0.15) is 19.8 Å². The molecule has 0 bridgehead atoms. The number of allylic oxidation sites excluding steroid dienone is 3. The Hall–Kier alpha value is -0.600. The molecule has 3 heteroatoms. The summed E-state index contributed by atoms with van der Waals surface area (Å²) < 4.78 is 0. The first-order valence-electron chi connectivity index (χ1n) is 5.36. The Balaban J connectivity index is 2.20. The second-order valence-corrected chi connectivity index (χ2v) is 4.89. The van der Waals surface area contributed by atoms with Crippen molar-refractivity contribution in [3.63, 3.8) is 0 Å². The van der Waals surface area contributed by atoms with Gasteiger partial charge in [0.25, 0.3) is 0 Å². The summed E-state index contributed by atoms with van der Waals surface area (Å²) in [4.78, 5) is 10.9. The predicted octanol–water partition coefficient (Wildman–Crippen LogP) is 2.25. The Morgan fingerprint density at radius 2 is 2.33 bits per heavy atom. The van der Waals surface area contributed by atoms with E-state index < -0.39 is 5.00 Å². The van der Waals surface area contributed by atoms with Gasteiger partial charge in [-0.2, -0.15) is 0 Å². The molecule has 2 aliphatic carbocycles. The molecule has 0 amide bonds. The SMILES string of the molecule is CNC1(Cl)C(C(C)=O)C1C1=CCCC=C1. The zero-order chi connectivity index (χ0) is 11.1. The molecule has 0 spiro atoms. The Morgan fingerprint density at radius 3 is 2.73 bits per heavy atom. The standard InChI is InChI=1S/C12H16ClNO/c1-8(15)10-11(12(10,13)14-2)9-6-4-3-5-7-9/h4,6-7,10-11,14H,3,5H2,1-2H3. The molecule has 2 aliphatic rings. The molecular formula is C12H16ClNO. The number of rotatable bonds is 3. The predicted molar refractivity (Wildman–Crippen MR) is 61.8 cm³/mol. The summed E-state index contributed by atoms with van der Waals surface area (Å²) in [6.45, 7) is 1.62. The number of hydrogen-bond acceptors (Lipinski definition) is 2. The lowest BCUT2D eigenvalue weighted by Gasteiger charge is -2.09. The van der Waals surface area contributed by atoms with Crippen LogP contribution in [-0.2, 0) is 4.79 Å². The van der Waals surface area contributed by atoms with Gasteiger partial charge in [-0.25, -0.2) is 0 Å². The fourth-order valence-electron chi connectivity index (χ4n) is 2.50. The highest BCUT2D eigenvalue weighted by molar-refractivity contribution is 6.29. The van der Waals surface area contributed by atoms with Crippen molar-refractivity contribution in [2.75, 3.05) is 7.05 Å². The second kappa shape index (κ2) is 3.76. The first-order chi connectivity index (χ1) is 7.11. The molecule has 1 N–H and O–H groups in total. The van der Waals surface area contributed by atoms with Crippen LogP contribution in [-0.4, -0.2) is 17.8 Å². The molecule has 0 heterocycles. The van der Waals surface area contributed by atoms with Gasteiger partial charge in [-0.1, -0.05) is 18.2 Å². The fourth-order valence-corrected chi connectivity index (χ4v) is 2.97. The summed E-state index contributed by atoms with van der Waals surface area (Å²) in [5.41, 5.74) is 1.21. The van der Waals surface area contributed by atoms with E-state index in [-0.39, 0.29) is 17.6 Å². The van der Waals surface area contributed by atoms with Gasteiger partial charge in [0.1, 0.15) is 10.8 Å². The monoisotopic (exact) mass is 225 g/mol. The van der Waals surface area contributed by atoms with E-state index in [1.54, 1.807) is 6.92 Å². The van der Waals surface area contributed by atoms with Crippen molar-refractivity contribution in [1.29, 1.82) is 0 Å². The van der Waals surface area contributed by atoms with Gasteiger partial charge in [0, 0.05) is 5.92 Å². The van der Waals surface area contributed by atoms with E-state index in [0.717, 1.165) is 12.8 Å². The normalized spacial score (nSPS) is 38.7. The van der Waals surface area contributed by atoms with E-state index in [1.807, 2.05) is 7.05 Å². The van der Waals surface area contributed by atoms with Crippen LogP contribution in [0.25, 0.3) is 0 Å². The number of halogens is 1. The molecule has 15 heavy (non-hydrogen) atoms. The van der Waals surface area contributed by atoms with Crippen molar-refractivity contribution < 1.29 is 4.79 Å². The summed E-state index contributed by atoms with van der Waals surface area (Å²) in [5.74, 6) is 0.251. The topological polar surface area (TPSA) is 29.1 Å². The van der Waals surface area contributed by atoms with Gasteiger partial charge in [-0.05, 0) is 32.4 Å². The molecule has 1 fully saturated rings. The number of hydrogen-bond donors (Lipinski definition) is 1. The number of ketones is 1. The van der Waals surface area contributed by atoms with E-state index in [4.69, 9.17) is 11.6 Å². The lowest BCUT2D eigenvalue weighted by Crippen LogP contribution is -2.26. The van der Waals surface area contributed by atoms with Crippen molar-refractivity contribution in [3.8, 4) is 0 Å². The van der Waals surface area contributed by atoms with Crippen LogP contribution in [0.5, 0.6) is 0 Å². The zero-order valence-electron chi connectivity index (χ0n) is 9.09. The van der Waals surface area contributed by atoms with E-state index in [1.165, 1.54) is 5.57 Å². The van der Waals surface area contributed by atoms with Crippen LogP contribution < -0.4 is 5.32 Å². The molecule has 82 valence electrons. The molecule has 0 aromatic carbocycles. The number of nitrogens with one attached hydrogen (secondary N) is 1. The molecule has 3 unspecified atom stereocenters. The fraction of sp³-hybridized carbons (Fsp3) is 0.583. The minimum Gasteiger partial charge on any atom is -0.301 e. The lowest BCUT2D eigenvalue weighted by atomic mass is 10.0. The minimum absolute atomic E-state index is 0.0711. The lowest BCUT2D eigenvalue weighted by molar-refractivity contribution is -0.118. The number of alkyl halides is 1. The Labute approximate surface area is 95.4 Å². The van der Waals surface area contributed by atoms with Crippen LogP contribution in [0.4, 0.5) is 0 Å². The average Bonchev–Trinajstić information content (AvgIpc) is 2.87. The number of carbonyl (C=O) groups is 1. The number of Topliss-reactive ketones (excluding diaryl/α,β-unsaturated/α-hetero) is 1. The van der Waals surface area contributed by atoms with Crippen LogP contribution in [0.2, 0.25) is 0 Å². The molecule has 1 saturated carbocycles. The molecule has 3 atom stereocenters. The maximum Gasteiger partial charge on any atom is 0.136 e. The largest absolute Gasteiger partial charge is 0.301 e. The summed E-state index contributed by atoms with van der Waals surface area (Å²) in [5, 5.41) is 3.06. The van der Waals surface area contributed by atoms with Gasteiger partial charge >= 0.3 is 0 Å². The van der Waals surface area contributed by atoms with Gasteiger partial charge in [0.15, 0.2) is 0 Å². The van der Waals surface area contributed by atoms with Gasteiger partial charge in [0.05, 0.1) is 5.92 Å². The number of carbonyl (C=O) groups excluding carboxylic acids is 1. The maximum atomic E-state index is 11.5. The van der Waals surface area contributed by atoms with Crippen LogP contribution >= 0.6 is 11.6 Å². The van der Waals surface area contributed by atoms with E-state index in [0.29, 0.717) is 0 Å². The van der Waals surface area contributed by atoms with Gasteiger partial charge in [-0.15, -0.1) is 11.6 Å².